The van der Waals surface area contributed by atoms with E-state index in [9.17, 15) is 4.79 Å². The monoisotopic (exact) mass is 263 g/mol. The Morgan fingerprint density at radius 3 is 2.59 bits per heavy atom. The standard InChI is InChI=1S/C12H25N3O.ClH/c1-11(9-14-12(16)5-6-13)10-15-7-3-2-4-8-15;/h11H,2-10,13H2,1H3,(H,14,16);1H. The first-order valence-electron chi connectivity index (χ1n) is 6.41. The van der Waals surface area contributed by atoms with E-state index in [4.69, 9.17) is 5.73 Å². The fourth-order valence-electron chi connectivity index (χ4n) is 2.15. The van der Waals surface area contributed by atoms with E-state index in [0.717, 1.165) is 13.1 Å². The topological polar surface area (TPSA) is 58.4 Å². The molecule has 17 heavy (non-hydrogen) atoms. The van der Waals surface area contributed by atoms with Gasteiger partial charge in [0.1, 0.15) is 0 Å². The van der Waals surface area contributed by atoms with Crippen LogP contribution in [0, 0.1) is 5.92 Å². The van der Waals surface area contributed by atoms with Crippen molar-refractivity contribution in [3.63, 3.8) is 0 Å². The SMILES string of the molecule is CC(CNC(=O)CCN)CN1CCCCC1.Cl. The summed E-state index contributed by atoms with van der Waals surface area (Å²) >= 11 is 0. The second kappa shape index (κ2) is 9.68. The lowest BCUT2D eigenvalue weighted by Crippen LogP contribution is -2.38. The van der Waals surface area contributed by atoms with Gasteiger partial charge in [-0.25, -0.2) is 0 Å². The number of likely N-dealkylation sites (tertiary alicyclic amines) is 1. The van der Waals surface area contributed by atoms with Crippen LogP contribution >= 0.6 is 12.4 Å². The summed E-state index contributed by atoms with van der Waals surface area (Å²) in [6.07, 6.45) is 4.47. The van der Waals surface area contributed by atoms with Gasteiger partial charge >= 0.3 is 0 Å². The third kappa shape index (κ3) is 7.58. The zero-order chi connectivity index (χ0) is 11.8. The first-order chi connectivity index (χ1) is 7.72. The van der Waals surface area contributed by atoms with Crippen molar-refractivity contribution in [2.45, 2.75) is 32.6 Å². The molecule has 0 radical (unpaired) electrons. The highest BCUT2D eigenvalue weighted by molar-refractivity contribution is 5.85. The van der Waals surface area contributed by atoms with E-state index in [1.807, 2.05) is 0 Å². The van der Waals surface area contributed by atoms with Crippen molar-refractivity contribution in [3.8, 4) is 0 Å². The Hall–Kier alpha value is -0.320. The maximum absolute atomic E-state index is 11.2. The van der Waals surface area contributed by atoms with Crippen molar-refractivity contribution in [1.29, 1.82) is 0 Å². The third-order valence-electron chi connectivity index (χ3n) is 3.04. The van der Waals surface area contributed by atoms with Crippen molar-refractivity contribution in [2.24, 2.45) is 11.7 Å². The van der Waals surface area contributed by atoms with Crippen LogP contribution in [0.25, 0.3) is 0 Å². The van der Waals surface area contributed by atoms with Gasteiger partial charge in [0.2, 0.25) is 5.91 Å². The molecule has 5 heteroatoms. The molecule has 1 fully saturated rings. The fraction of sp³-hybridized carbons (Fsp3) is 0.917. The van der Waals surface area contributed by atoms with Crippen LogP contribution in [-0.2, 0) is 4.79 Å². The quantitative estimate of drug-likeness (QED) is 0.752. The second-order valence-electron chi connectivity index (χ2n) is 4.81. The lowest BCUT2D eigenvalue weighted by atomic mass is 10.1. The highest BCUT2D eigenvalue weighted by Crippen LogP contribution is 2.10. The molecule has 1 saturated heterocycles. The van der Waals surface area contributed by atoms with Crippen molar-refractivity contribution in [1.82, 2.24) is 10.2 Å². The molecule has 4 nitrogen and oxygen atoms in total. The number of hydrogen-bond donors (Lipinski definition) is 2. The summed E-state index contributed by atoms with van der Waals surface area (Å²) in [6.45, 7) is 6.95. The van der Waals surface area contributed by atoms with Crippen molar-refractivity contribution >= 4 is 18.3 Å². The van der Waals surface area contributed by atoms with Gasteiger partial charge in [0.25, 0.3) is 0 Å². The normalized spacial score (nSPS) is 18.2. The van der Waals surface area contributed by atoms with Crippen LogP contribution in [0.15, 0.2) is 0 Å². The lowest BCUT2D eigenvalue weighted by molar-refractivity contribution is -0.121. The minimum atomic E-state index is 0. The molecule has 0 saturated carbocycles. The number of carbonyl (C=O) groups excluding carboxylic acids is 1. The predicted octanol–water partition coefficient (Wildman–Crippen LogP) is 0.995. The number of piperidine rings is 1. The average Bonchev–Trinajstić information content (AvgIpc) is 2.28. The van der Waals surface area contributed by atoms with Crippen LogP contribution in [0.1, 0.15) is 32.6 Å². The van der Waals surface area contributed by atoms with E-state index >= 15 is 0 Å². The predicted molar refractivity (Wildman–Crippen MR) is 73.4 cm³/mol. The highest BCUT2D eigenvalue weighted by atomic mass is 35.5. The molecule has 0 spiro atoms. The summed E-state index contributed by atoms with van der Waals surface area (Å²) in [5.41, 5.74) is 5.32. The van der Waals surface area contributed by atoms with E-state index < -0.39 is 0 Å². The van der Waals surface area contributed by atoms with Crippen LogP contribution in [-0.4, -0.2) is 43.5 Å². The molecular formula is C12H26ClN3O. The maximum Gasteiger partial charge on any atom is 0.221 e. The summed E-state index contributed by atoms with van der Waals surface area (Å²) in [4.78, 5) is 13.7. The van der Waals surface area contributed by atoms with E-state index in [2.05, 4.69) is 17.1 Å². The molecule has 3 N–H and O–H groups in total. The van der Waals surface area contributed by atoms with Gasteiger partial charge in [-0.2, -0.15) is 0 Å². The first kappa shape index (κ1) is 16.7. The Morgan fingerprint density at radius 1 is 1.35 bits per heavy atom. The molecular weight excluding hydrogens is 238 g/mol. The van der Waals surface area contributed by atoms with E-state index in [-0.39, 0.29) is 18.3 Å². The van der Waals surface area contributed by atoms with Crippen LogP contribution < -0.4 is 11.1 Å². The fourth-order valence-corrected chi connectivity index (χ4v) is 2.15. The summed E-state index contributed by atoms with van der Waals surface area (Å²) in [5.74, 6) is 0.604. The number of halogens is 1. The smallest absolute Gasteiger partial charge is 0.221 e. The van der Waals surface area contributed by atoms with Crippen molar-refractivity contribution in [2.75, 3.05) is 32.7 Å². The Balaban J connectivity index is 0.00000256. The first-order valence-corrected chi connectivity index (χ1v) is 6.41. The third-order valence-corrected chi connectivity index (χ3v) is 3.04. The Kier molecular flexibility index (Phi) is 9.50. The molecule has 0 aromatic heterocycles. The van der Waals surface area contributed by atoms with Crippen molar-refractivity contribution in [3.05, 3.63) is 0 Å². The number of nitrogens with one attached hydrogen (secondary N) is 1. The van der Waals surface area contributed by atoms with Gasteiger partial charge in [-0.3, -0.25) is 4.79 Å². The van der Waals surface area contributed by atoms with Crippen LogP contribution in [0.4, 0.5) is 0 Å². The molecule has 102 valence electrons. The number of carbonyl (C=O) groups is 1. The van der Waals surface area contributed by atoms with Gasteiger partial charge in [-0.1, -0.05) is 13.3 Å². The zero-order valence-electron chi connectivity index (χ0n) is 10.8. The minimum Gasteiger partial charge on any atom is -0.356 e. The van der Waals surface area contributed by atoms with Gasteiger partial charge in [-0.05, 0) is 31.8 Å². The van der Waals surface area contributed by atoms with E-state index in [1.54, 1.807) is 0 Å². The molecule has 0 aliphatic carbocycles. The molecule has 1 aliphatic heterocycles. The van der Waals surface area contributed by atoms with Crippen LogP contribution in [0.3, 0.4) is 0 Å². The summed E-state index contributed by atoms with van der Waals surface area (Å²) in [7, 11) is 0. The van der Waals surface area contributed by atoms with Gasteiger partial charge in [0.05, 0.1) is 0 Å². The molecule has 1 heterocycles. The summed E-state index contributed by atoms with van der Waals surface area (Å²) in [6, 6.07) is 0. The highest BCUT2D eigenvalue weighted by Gasteiger charge is 2.13. The lowest BCUT2D eigenvalue weighted by Gasteiger charge is -2.29. The number of amides is 1. The van der Waals surface area contributed by atoms with Crippen LogP contribution in [0.5, 0.6) is 0 Å². The molecule has 1 rings (SSSR count). The number of rotatable bonds is 6. The largest absolute Gasteiger partial charge is 0.356 e. The van der Waals surface area contributed by atoms with E-state index in [1.165, 1.54) is 32.4 Å². The number of nitrogens with two attached hydrogens (primary N) is 1. The Morgan fingerprint density at radius 2 is 2.00 bits per heavy atom. The van der Waals surface area contributed by atoms with Crippen LogP contribution in [0.2, 0.25) is 0 Å². The van der Waals surface area contributed by atoms with E-state index in [0.29, 0.717) is 18.9 Å². The average molecular weight is 264 g/mol. The molecule has 1 amide bonds. The molecule has 0 bridgehead atoms. The van der Waals surface area contributed by atoms with Gasteiger partial charge in [0, 0.05) is 26.1 Å². The van der Waals surface area contributed by atoms with Gasteiger partial charge < -0.3 is 16.0 Å². The molecule has 1 aliphatic rings. The Labute approximate surface area is 111 Å². The zero-order valence-corrected chi connectivity index (χ0v) is 11.6. The maximum atomic E-state index is 11.2. The summed E-state index contributed by atoms with van der Waals surface area (Å²) in [5, 5.41) is 2.93. The van der Waals surface area contributed by atoms with Gasteiger partial charge in [0.15, 0.2) is 0 Å². The summed E-state index contributed by atoms with van der Waals surface area (Å²) < 4.78 is 0. The molecule has 0 aromatic carbocycles. The molecule has 1 atom stereocenters. The van der Waals surface area contributed by atoms with Crippen molar-refractivity contribution < 1.29 is 4.79 Å². The number of hydrogen-bond acceptors (Lipinski definition) is 3. The molecule has 1 unspecified atom stereocenters. The second-order valence-corrected chi connectivity index (χ2v) is 4.81. The van der Waals surface area contributed by atoms with Gasteiger partial charge in [-0.15, -0.1) is 12.4 Å². The minimum absolute atomic E-state index is 0. The number of nitrogens with zero attached hydrogens (tertiary/aromatic N) is 1. The molecule has 0 aromatic rings. The Bertz CT molecular complexity index is 208.